The van der Waals surface area contributed by atoms with Crippen molar-refractivity contribution in [2.24, 2.45) is 0 Å². The van der Waals surface area contributed by atoms with Gasteiger partial charge in [-0.05, 0) is 42.5 Å². The molecule has 6 nitrogen and oxygen atoms in total. The Kier molecular flexibility index (Phi) is 8.34. The van der Waals surface area contributed by atoms with E-state index in [4.69, 9.17) is 15.0 Å². The maximum absolute atomic E-state index is 10.7. The van der Waals surface area contributed by atoms with E-state index in [1.165, 1.54) is 20.2 Å². The van der Waals surface area contributed by atoms with Gasteiger partial charge in [-0.3, -0.25) is 0 Å². The van der Waals surface area contributed by atoms with Crippen molar-refractivity contribution in [3.63, 3.8) is 0 Å². The third-order valence-corrected chi connectivity index (χ3v) is 12.4. The lowest BCUT2D eigenvalue weighted by atomic mass is 9.89. The van der Waals surface area contributed by atoms with Crippen LogP contribution in [0.1, 0.15) is 11.1 Å². The van der Waals surface area contributed by atoms with Crippen LogP contribution in [0.4, 0.5) is 0 Å². The van der Waals surface area contributed by atoms with Crippen LogP contribution in [-0.2, 0) is 0 Å². The zero-order valence-electron chi connectivity index (χ0n) is 31.9. The van der Waals surface area contributed by atoms with Crippen molar-refractivity contribution in [1.82, 2.24) is 19.5 Å². The van der Waals surface area contributed by atoms with E-state index in [9.17, 15) is 10.5 Å². The number of fused-ring (bicyclic) bond motifs is 7. The van der Waals surface area contributed by atoms with Gasteiger partial charge in [-0.25, -0.2) is 15.0 Å². The topological polar surface area (TPSA) is 91.2 Å². The van der Waals surface area contributed by atoms with Gasteiger partial charge in [0.1, 0.15) is 0 Å². The molecule has 0 atom stereocenters. The van der Waals surface area contributed by atoms with Crippen molar-refractivity contribution >= 4 is 53.3 Å². The van der Waals surface area contributed by atoms with Gasteiger partial charge in [0.05, 0.1) is 40.0 Å². The van der Waals surface area contributed by atoms with Gasteiger partial charge in [0, 0.05) is 69.9 Å². The summed E-state index contributed by atoms with van der Waals surface area (Å²) in [5.74, 6) is 1.54. The van der Waals surface area contributed by atoms with E-state index in [2.05, 4.69) is 89.5 Å². The van der Waals surface area contributed by atoms with Gasteiger partial charge in [0.2, 0.25) is 0 Å². The Hall–Kier alpha value is -8.23. The number of hydrogen-bond acceptors (Lipinski definition) is 6. The molecule has 0 spiro atoms. The fourth-order valence-corrected chi connectivity index (χ4v) is 9.72. The molecule has 3 aromatic heterocycles. The minimum atomic E-state index is 0.467. The summed E-state index contributed by atoms with van der Waals surface area (Å²) in [5, 5.41) is 26.1. The molecule has 3 heterocycles. The van der Waals surface area contributed by atoms with Crippen molar-refractivity contribution in [2.75, 3.05) is 0 Å². The normalized spacial score (nSPS) is 11.3. The molecule has 11 aromatic rings. The molecule has 0 aliphatic heterocycles. The summed E-state index contributed by atoms with van der Waals surface area (Å²) in [5.41, 5.74) is 9.46. The van der Waals surface area contributed by atoms with Crippen LogP contribution in [0, 0.1) is 22.7 Å². The Balaban J connectivity index is 1.31. The summed E-state index contributed by atoms with van der Waals surface area (Å²) in [4.78, 5) is 15.3. The SMILES string of the molecule is N#Cc1ccccc1-c1cc(-c2nc(-c3ccccc3)nc(-c3ccccc3)n2)cc(-c2ccccc2C#N)c1-n1c2ccccc2c2c3sc4ccccc4c3ccc21. The van der Waals surface area contributed by atoms with E-state index < -0.39 is 0 Å². The first-order chi connectivity index (χ1) is 29.7. The Morgan fingerprint density at radius 2 is 0.917 bits per heavy atom. The van der Waals surface area contributed by atoms with E-state index >= 15 is 0 Å². The molecule has 0 aliphatic carbocycles. The van der Waals surface area contributed by atoms with Gasteiger partial charge in [-0.15, -0.1) is 11.3 Å². The van der Waals surface area contributed by atoms with Crippen LogP contribution >= 0.6 is 11.3 Å². The summed E-state index contributed by atoms with van der Waals surface area (Å²) >= 11 is 1.80. The molecule has 0 fully saturated rings. The molecule has 8 aromatic carbocycles. The third kappa shape index (κ3) is 5.65. The second kappa shape index (κ2) is 14.3. The summed E-state index contributed by atoms with van der Waals surface area (Å²) in [6.45, 7) is 0. The highest BCUT2D eigenvalue weighted by atomic mass is 32.1. The largest absolute Gasteiger partial charge is 0.308 e. The lowest BCUT2D eigenvalue weighted by Crippen LogP contribution is -2.05. The van der Waals surface area contributed by atoms with E-state index in [0.29, 0.717) is 34.2 Å². The van der Waals surface area contributed by atoms with Crippen molar-refractivity contribution in [1.29, 1.82) is 10.5 Å². The number of nitriles is 2. The lowest BCUT2D eigenvalue weighted by Gasteiger charge is -2.22. The highest BCUT2D eigenvalue weighted by molar-refractivity contribution is 7.26. The number of aromatic nitrogens is 4. The van der Waals surface area contributed by atoms with Crippen LogP contribution in [0.15, 0.2) is 182 Å². The number of thiophene rings is 1. The Labute approximate surface area is 349 Å². The smallest absolute Gasteiger partial charge is 0.164 e. The summed E-state index contributed by atoms with van der Waals surface area (Å²) in [6.07, 6.45) is 0. The molecule has 0 radical (unpaired) electrons. The van der Waals surface area contributed by atoms with E-state index in [1.54, 1.807) is 11.3 Å². The number of rotatable bonds is 6. The van der Waals surface area contributed by atoms with Crippen molar-refractivity contribution in [3.05, 3.63) is 193 Å². The fourth-order valence-electron chi connectivity index (χ4n) is 8.46. The zero-order chi connectivity index (χ0) is 40.2. The Bertz CT molecular complexity index is 3440. The van der Waals surface area contributed by atoms with Gasteiger partial charge in [0.15, 0.2) is 17.5 Å². The molecule has 7 heteroatoms. The van der Waals surface area contributed by atoms with Crippen LogP contribution < -0.4 is 0 Å². The number of benzene rings is 8. The van der Waals surface area contributed by atoms with Crippen LogP contribution in [0.25, 0.3) is 104 Å². The minimum absolute atomic E-state index is 0.467. The molecule has 11 rings (SSSR count). The zero-order valence-corrected chi connectivity index (χ0v) is 32.7. The maximum Gasteiger partial charge on any atom is 0.164 e. The van der Waals surface area contributed by atoms with Crippen LogP contribution in [0.2, 0.25) is 0 Å². The number of nitrogens with zero attached hydrogens (tertiary/aromatic N) is 6. The van der Waals surface area contributed by atoms with Gasteiger partial charge < -0.3 is 4.57 Å². The predicted molar refractivity (Wildman–Crippen MR) is 244 cm³/mol. The molecule has 0 amide bonds. The highest BCUT2D eigenvalue weighted by Gasteiger charge is 2.26. The molecule has 0 saturated heterocycles. The first kappa shape index (κ1) is 35.0. The van der Waals surface area contributed by atoms with Gasteiger partial charge in [0.25, 0.3) is 0 Å². The highest BCUT2D eigenvalue weighted by Crippen LogP contribution is 2.48. The summed E-state index contributed by atoms with van der Waals surface area (Å²) in [6, 6.07) is 65.9. The molecule has 0 aliphatic rings. The van der Waals surface area contributed by atoms with Gasteiger partial charge in [-0.1, -0.05) is 140 Å². The van der Waals surface area contributed by atoms with Crippen molar-refractivity contribution < 1.29 is 0 Å². The molecule has 0 N–H and O–H groups in total. The van der Waals surface area contributed by atoms with E-state index in [-0.39, 0.29) is 0 Å². The first-order valence-corrected chi connectivity index (χ1v) is 20.4. The lowest BCUT2D eigenvalue weighted by molar-refractivity contribution is 1.07. The standard InChI is InChI=1S/C53H30N6S/c54-31-35-19-7-9-21-38(35)43-29-37(53-57-51(33-15-3-1-4-16-33)56-52(58-53)34-17-5-2-6-18-34)30-44(39-22-10-8-20-36(39)32-55)49(43)59-45-25-13-11-24-42(45)48-46(59)28-27-41-40-23-12-14-26-47(40)60-50(41)48/h1-30H. The van der Waals surface area contributed by atoms with Crippen LogP contribution in [-0.4, -0.2) is 19.5 Å². The van der Waals surface area contributed by atoms with Crippen molar-refractivity contribution in [3.8, 4) is 74.2 Å². The second-order valence-electron chi connectivity index (χ2n) is 14.6. The molecule has 0 bridgehead atoms. The molecule has 278 valence electrons. The molecule has 0 unspecified atom stereocenters. The second-order valence-corrected chi connectivity index (χ2v) is 15.6. The van der Waals surface area contributed by atoms with Crippen molar-refractivity contribution in [2.45, 2.75) is 0 Å². The van der Waals surface area contributed by atoms with Crippen LogP contribution in [0.5, 0.6) is 0 Å². The van der Waals surface area contributed by atoms with E-state index in [1.807, 2.05) is 109 Å². The molecule has 60 heavy (non-hydrogen) atoms. The Morgan fingerprint density at radius 3 is 1.52 bits per heavy atom. The van der Waals surface area contributed by atoms with Gasteiger partial charge in [-0.2, -0.15) is 10.5 Å². The molecule has 0 saturated carbocycles. The molecular weight excluding hydrogens is 753 g/mol. The quantitative estimate of drug-likeness (QED) is 0.167. The summed E-state index contributed by atoms with van der Waals surface area (Å²) in [7, 11) is 0. The predicted octanol–water partition coefficient (Wildman–Crippen LogP) is 13.4. The fraction of sp³-hybridized carbons (Fsp3) is 0. The van der Waals surface area contributed by atoms with Gasteiger partial charge >= 0.3 is 0 Å². The van der Waals surface area contributed by atoms with Crippen LogP contribution in [0.3, 0.4) is 0 Å². The average molecular weight is 783 g/mol. The number of hydrogen-bond donors (Lipinski definition) is 0. The summed E-state index contributed by atoms with van der Waals surface area (Å²) < 4.78 is 4.77. The average Bonchev–Trinajstić information content (AvgIpc) is 3.87. The number of para-hydroxylation sites is 1. The minimum Gasteiger partial charge on any atom is -0.308 e. The van der Waals surface area contributed by atoms with E-state index in [0.717, 1.165) is 60.9 Å². The maximum atomic E-state index is 10.7. The molecular formula is C53H30N6S. The third-order valence-electron chi connectivity index (χ3n) is 11.1. The first-order valence-electron chi connectivity index (χ1n) is 19.6. The monoisotopic (exact) mass is 782 g/mol. The Morgan fingerprint density at radius 1 is 0.417 bits per heavy atom.